The van der Waals surface area contributed by atoms with Crippen molar-refractivity contribution < 1.29 is 31.0 Å². The maximum absolute atomic E-state index is 12.4. The van der Waals surface area contributed by atoms with Crippen LogP contribution >= 0.6 is 11.6 Å². The Labute approximate surface area is 116 Å². The monoisotopic (exact) mass is 335 g/mol. The number of pyridine rings is 1. The summed E-state index contributed by atoms with van der Waals surface area (Å²) in [5.74, 6) is -3.17. The molecule has 1 aromatic rings. The zero-order valence-electron chi connectivity index (χ0n) is 9.33. The molecule has 0 N–H and O–H groups in total. The van der Waals surface area contributed by atoms with Crippen LogP contribution in [0, 0.1) is 0 Å². The first-order valence-electron chi connectivity index (χ1n) is 4.75. The summed E-state index contributed by atoms with van der Waals surface area (Å²) in [6.45, 7) is 0. The molecule has 20 heavy (non-hydrogen) atoms. The quantitative estimate of drug-likeness (QED) is 0.483. The number of hydrogen-bond acceptors (Lipinski definition) is 4. The number of aromatic nitrogens is 1. The van der Waals surface area contributed by atoms with Crippen molar-refractivity contribution in [3.63, 3.8) is 0 Å². The van der Waals surface area contributed by atoms with Gasteiger partial charge in [-0.15, -0.1) is 0 Å². The summed E-state index contributed by atoms with van der Waals surface area (Å²) in [5, 5.41) is -0.336. The van der Waals surface area contributed by atoms with E-state index in [1.807, 2.05) is 0 Å². The Balaban J connectivity index is 2.97. The molecule has 0 aromatic carbocycles. The van der Waals surface area contributed by atoms with Crippen LogP contribution in [0.5, 0.6) is 0 Å². The number of alkyl halides is 5. The number of rotatable bonds is 3. The van der Waals surface area contributed by atoms with Crippen molar-refractivity contribution in [1.82, 2.24) is 4.98 Å². The fourth-order valence-electron chi connectivity index (χ4n) is 1.09. The molecule has 1 aromatic heterocycles. The lowest BCUT2D eigenvalue weighted by molar-refractivity contribution is -0.169. The van der Waals surface area contributed by atoms with E-state index in [0.29, 0.717) is 0 Å². The smallest absolute Gasteiger partial charge is 0.444 e. The third-order valence-corrected chi connectivity index (χ3v) is 2.96. The van der Waals surface area contributed by atoms with Gasteiger partial charge in [0.15, 0.2) is 0 Å². The van der Waals surface area contributed by atoms with Gasteiger partial charge in [-0.3, -0.25) is 4.79 Å². The topological polar surface area (TPSA) is 59.4 Å². The summed E-state index contributed by atoms with van der Waals surface area (Å²) in [6, 6.07) is 1.86. The van der Waals surface area contributed by atoms with E-state index in [1.165, 1.54) is 0 Å². The van der Waals surface area contributed by atoms with Crippen LogP contribution in [-0.4, -0.2) is 17.1 Å². The lowest BCUT2D eigenvalue weighted by Gasteiger charge is -2.08. The van der Waals surface area contributed by atoms with Gasteiger partial charge >= 0.3 is 12.1 Å². The Bertz CT molecular complexity index is 598. The highest BCUT2D eigenvalue weighted by molar-refractivity contribution is 7.74. The molecule has 1 heterocycles. The van der Waals surface area contributed by atoms with E-state index in [9.17, 15) is 31.0 Å². The van der Waals surface area contributed by atoms with Crippen LogP contribution in [0.25, 0.3) is 0 Å². The Morgan fingerprint density at radius 2 is 2.00 bits per heavy atom. The highest BCUT2D eigenvalue weighted by Crippen LogP contribution is 2.21. The molecule has 0 aliphatic heterocycles. The Morgan fingerprint density at radius 1 is 1.40 bits per heavy atom. The summed E-state index contributed by atoms with van der Waals surface area (Å²) in [4.78, 5) is 13.7. The summed E-state index contributed by atoms with van der Waals surface area (Å²) >= 11 is 5.43. The van der Waals surface area contributed by atoms with Crippen LogP contribution in [-0.2, 0) is 25.4 Å². The average Bonchev–Trinajstić information content (AvgIpc) is 2.26. The van der Waals surface area contributed by atoms with E-state index in [4.69, 9.17) is 11.6 Å². The first-order chi connectivity index (χ1) is 9.09. The second kappa shape index (κ2) is 6.44. The molecular weight excluding hydrogens is 331 g/mol. The molecule has 112 valence electrons. The summed E-state index contributed by atoms with van der Waals surface area (Å²) < 4.78 is 74.1. The fourth-order valence-corrected chi connectivity index (χ4v) is 2.13. The van der Waals surface area contributed by atoms with Crippen LogP contribution in [0.3, 0.4) is 0 Å². The van der Waals surface area contributed by atoms with Crippen molar-refractivity contribution in [2.45, 2.75) is 18.4 Å². The van der Waals surface area contributed by atoms with Crippen molar-refractivity contribution >= 4 is 28.1 Å². The molecule has 0 unspecified atom stereocenters. The van der Waals surface area contributed by atoms with Crippen molar-refractivity contribution in [3.05, 3.63) is 28.5 Å². The largest absolute Gasteiger partial charge is 0.471 e. The molecule has 0 aliphatic carbocycles. The molecule has 0 atom stereocenters. The molecule has 11 heteroatoms. The van der Waals surface area contributed by atoms with Gasteiger partial charge in [-0.1, -0.05) is 22.9 Å². The zero-order valence-corrected chi connectivity index (χ0v) is 10.9. The van der Waals surface area contributed by atoms with Crippen LogP contribution in [0.15, 0.2) is 16.5 Å². The van der Waals surface area contributed by atoms with Crippen molar-refractivity contribution in [3.8, 4) is 0 Å². The van der Waals surface area contributed by atoms with Gasteiger partial charge in [0.2, 0.25) is 0 Å². The molecule has 0 saturated heterocycles. The fraction of sp³-hybridized carbons (Fsp3) is 0.333. The number of nitrogens with zero attached hydrogens (tertiary/aromatic N) is 2. The first-order valence-corrected chi connectivity index (χ1v) is 6.41. The highest BCUT2D eigenvalue weighted by atomic mass is 35.5. The van der Waals surface area contributed by atoms with Gasteiger partial charge in [0.25, 0.3) is 6.43 Å². The molecule has 0 radical (unpaired) electrons. The SMILES string of the molecule is O=C(N=[S-](=O)Cc1cc(Cl)nc(C(F)F)c1)C(F)(F)F. The van der Waals surface area contributed by atoms with E-state index in [0.717, 1.165) is 12.1 Å². The molecule has 4 nitrogen and oxygen atoms in total. The normalized spacial score (nSPS) is 13.8. The number of halogens is 6. The third-order valence-electron chi connectivity index (χ3n) is 1.81. The van der Waals surface area contributed by atoms with E-state index >= 15 is 0 Å². The predicted octanol–water partition coefficient (Wildman–Crippen LogP) is 3.41. The maximum atomic E-state index is 12.4. The molecule has 0 saturated carbocycles. The van der Waals surface area contributed by atoms with Gasteiger partial charge in [0, 0.05) is 0 Å². The number of hydrogen-bond donors (Lipinski definition) is 0. The van der Waals surface area contributed by atoms with Gasteiger partial charge in [-0.25, -0.2) is 13.8 Å². The Hall–Kier alpha value is -1.29. The lowest BCUT2D eigenvalue weighted by Crippen LogP contribution is -2.20. The molecule has 0 bridgehead atoms. The van der Waals surface area contributed by atoms with Crippen molar-refractivity contribution in [2.75, 3.05) is 0 Å². The minimum Gasteiger partial charge on any atom is -0.444 e. The van der Waals surface area contributed by atoms with Gasteiger partial charge in [-0.05, 0) is 12.1 Å². The molecular formula is C9H5ClF5N2O2S-. The van der Waals surface area contributed by atoms with Gasteiger partial charge in [0.05, 0.1) is 0 Å². The minimum atomic E-state index is -5.24. The third kappa shape index (κ3) is 5.00. The standard InChI is InChI=1S/C9H5ClF5N2O2S/c10-6-2-4(1-5(16-6)7(11)12)3-20(19)17-8(18)9(13,14)15/h1-2,7H,3H2/q-1. The van der Waals surface area contributed by atoms with Crippen LogP contribution in [0.2, 0.25) is 5.15 Å². The molecule has 0 aliphatic rings. The first kappa shape index (κ1) is 16.8. The van der Waals surface area contributed by atoms with E-state index in [1.54, 1.807) is 0 Å². The molecule has 1 amide bonds. The van der Waals surface area contributed by atoms with Gasteiger partial charge < -0.3 is 8.57 Å². The summed E-state index contributed by atoms with van der Waals surface area (Å²) in [6.07, 6.45) is -8.19. The Kier molecular flexibility index (Phi) is 5.40. The van der Waals surface area contributed by atoms with E-state index in [2.05, 4.69) is 9.35 Å². The zero-order chi connectivity index (χ0) is 15.5. The second-order valence-corrected chi connectivity index (χ2v) is 4.89. The van der Waals surface area contributed by atoms with E-state index < -0.39 is 40.6 Å². The average molecular weight is 336 g/mol. The van der Waals surface area contributed by atoms with Gasteiger partial charge in [0.1, 0.15) is 10.8 Å². The Morgan fingerprint density at radius 3 is 2.50 bits per heavy atom. The summed E-state index contributed by atoms with van der Waals surface area (Å²) in [5.41, 5.74) is -0.788. The van der Waals surface area contributed by atoms with Crippen LogP contribution in [0.4, 0.5) is 22.0 Å². The van der Waals surface area contributed by atoms with Crippen LogP contribution in [0.1, 0.15) is 17.7 Å². The summed E-state index contributed by atoms with van der Waals surface area (Å²) in [7, 11) is -2.55. The maximum Gasteiger partial charge on any atom is 0.471 e. The lowest BCUT2D eigenvalue weighted by atomic mass is 10.2. The van der Waals surface area contributed by atoms with Crippen molar-refractivity contribution in [1.29, 1.82) is 0 Å². The molecule has 0 fully saturated rings. The highest BCUT2D eigenvalue weighted by Gasteiger charge is 2.36. The minimum absolute atomic E-state index is 0.0719. The predicted molar refractivity (Wildman–Crippen MR) is 59.4 cm³/mol. The van der Waals surface area contributed by atoms with Crippen molar-refractivity contribution in [2.24, 2.45) is 4.36 Å². The van der Waals surface area contributed by atoms with E-state index in [-0.39, 0.29) is 10.7 Å². The number of carbonyl (C=O) groups is 1. The second-order valence-electron chi connectivity index (χ2n) is 3.38. The number of amides is 1. The van der Waals surface area contributed by atoms with Gasteiger partial charge in [-0.2, -0.15) is 23.8 Å². The van der Waals surface area contributed by atoms with Crippen LogP contribution < -0.4 is 0 Å². The number of carbonyl (C=O) groups excluding carboxylic acids is 1. The molecule has 0 spiro atoms. The molecule has 1 rings (SSSR count).